The molecular weight excluding hydrogens is 332 g/mol. The molecule has 0 spiro atoms. The number of amides is 1. The van der Waals surface area contributed by atoms with Crippen molar-refractivity contribution in [1.29, 1.82) is 0 Å². The molecule has 1 amide bonds. The third-order valence-electron chi connectivity index (χ3n) is 4.55. The Labute approximate surface area is 150 Å². The van der Waals surface area contributed by atoms with E-state index in [2.05, 4.69) is 26.3 Å². The maximum absolute atomic E-state index is 12.4. The molecule has 3 heterocycles. The Morgan fingerprint density at radius 2 is 2.19 bits per heavy atom. The third kappa shape index (κ3) is 3.47. The van der Waals surface area contributed by atoms with E-state index in [0.29, 0.717) is 12.3 Å². The Bertz CT molecular complexity index is 898. The quantitative estimate of drug-likeness (QED) is 0.637. The van der Waals surface area contributed by atoms with E-state index in [9.17, 15) is 4.79 Å². The van der Waals surface area contributed by atoms with Gasteiger partial charge in [0.05, 0.1) is 18.8 Å². The number of fused-ring (bicyclic) bond motifs is 1. The maximum Gasteiger partial charge on any atom is 0.238 e. The van der Waals surface area contributed by atoms with E-state index in [1.165, 1.54) is 0 Å². The first-order valence-corrected chi connectivity index (χ1v) is 8.73. The minimum atomic E-state index is -0.290. The topological polar surface area (TPSA) is 97.0 Å². The molecule has 0 saturated carbocycles. The molecule has 136 valence electrons. The number of oxazole rings is 1. The van der Waals surface area contributed by atoms with Gasteiger partial charge < -0.3 is 9.73 Å². The summed E-state index contributed by atoms with van der Waals surface area (Å²) in [6, 6.07) is 9.45. The zero-order valence-corrected chi connectivity index (χ0v) is 14.8. The zero-order valence-electron chi connectivity index (χ0n) is 14.8. The SMILES string of the molecule is Cc1cc(C)n(CC2CC(C(=O)NCc3nc4ccccc4o3)NN2)n1. The highest BCUT2D eigenvalue weighted by Gasteiger charge is 2.29. The molecule has 1 aliphatic heterocycles. The summed E-state index contributed by atoms with van der Waals surface area (Å²) in [4.78, 5) is 16.8. The fourth-order valence-corrected chi connectivity index (χ4v) is 3.26. The van der Waals surface area contributed by atoms with Crippen LogP contribution in [-0.2, 0) is 17.9 Å². The van der Waals surface area contributed by atoms with Crippen molar-refractivity contribution >= 4 is 17.0 Å². The molecule has 1 fully saturated rings. The van der Waals surface area contributed by atoms with E-state index in [1.807, 2.05) is 48.9 Å². The van der Waals surface area contributed by atoms with Crippen molar-refractivity contribution in [2.24, 2.45) is 0 Å². The van der Waals surface area contributed by atoms with Crippen molar-refractivity contribution in [2.75, 3.05) is 0 Å². The minimum absolute atomic E-state index is 0.0735. The molecule has 1 saturated heterocycles. The Hall–Kier alpha value is -2.71. The zero-order chi connectivity index (χ0) is 18.1. The van der Waals surface area contributed by atoms with Gasteiger partial charge in [-0.3, -0.25) is 14.9 Å². The lowest BCUT2D eigenvalue weighted by molar-refractivity contribution is -0.123. The fourth-order valence-electron chi connectivity index (χ4n) is 3.26. The van der Waals surface area contributed by atoms with Crippen LogP contribution in [0, 0.1) is 13.8 Å². The molecule has 2 atom stereocenters. The molecule has 0 bridgehead atoms. The van der Waals surface area contributed by atoms with Gasteiger partial charge >= 0.3 is 0 Å². The number of hydrazine groups is 1. The van der Waals surface area contributed by atoms with Crippen molar-refractivity contribution < 1.29 is 9.21 Å². The van der Waals surface area contributed by atoms with Gasteiger partial charge in [0, 0.05) is 11.7 Å². The van der Waals surface area contributed by atoms with Crippen LogP contribution in [-0.4, -0.2) is 32.8 Å². The van der Waals surface area contributed by atoms with Crippen LogP contribution in [0.2, 0.25) is 0 Å². The first-order chi connectivity index (χ1) is 12.6. The summed E-state index contributed by atoms with van der Waals surface area (Å²) in [5.41, 5.74) is 9.88. The summed E-state index contributed by atoms with van der Waals surface area (Å²) >= 11 is 0. The summed E-state index contributed by atoms with van der Waals surface area (Å²) in [6.07, 6.45) is 0.692. The molecule has 8 nitrogen and oxygen atoms in total. The number of nitrogens with one attached hydrogen (secondary N) is 3. The molecule has 3 aromatic rings. The van der Waals surface area contributed by atoms with Gasteiger partial charge in [0.2, 0.25) is 11.8 Å². The second-order valence-electron chi connectivity index (χ2n) is 6.68. The summed E-state index contributed by atoms with van der Waals surface area (Å²) < 4.78 is 7.59. The normalized spacial score (nSPS) is 19.9. The van der Waals surface area contributed by atoms with Gasteiger partial charge in [0.1, 0.15) is 11.6 Å². The monoisotopic (exact) mass is 354 g/mol. The molecular formula is C18H22N6O2. The second-order valence-corrected chi connectivity index (χ2v) is 6.68. The van der Waals surface area contributed by atoms with E-state index >= 15 is 0 Å². The number of nitrogens with zero attached hydrogens (tertiary/aromatic N) is 3. The highest BCUT2D eigenvalue weighted by atomic mass is 16.3. The van der Waals surface area contributed by atoms with Crippen LogP contribution in [0.15, 0.2) is 34.7 Å². The lowest BCUT2D eigenvalue weighted by Crippen LogP contribution is -2.43. The van der Waals surface area contributed by atoms with Crippen LogP contribution in [0.3, 0.4) is 0 Å². The maximum atomic E-state index is 12.4. The minimum Gasteiger partial charge on any atom is -0.439 e. The van der Waals surface area contributed by atoms with Crippen LogP contribution in [0.1, 0.15) is 23.7 Å². The number of hydrogen-bond donors (Lipinski definition) is 3. The molecule has 1 aliphatic rings. The number of rotatable bonds is 5. The van der Waals surface area contributed by atoms with Crippen LogP contribution < -0.4 is 16.2 Å². The number of para-hydroxylation sites is 2. The standard InChI is InChI=1S/C18H22N6O2/c1-11-7-12(2)24(23-11)10-13-8-15(22-21-13)18(25)19-9-17-20-14-5-3-4-6-16(14)26-17/h3-7,13,15,21-22H,8-10H2,1-2H3,(H,19,25). The van der Waals surface area contributed by atoms with E-state index in [0.717, 1.165) is 29.0 Å². The first kappa shape index (κ1) is 16.7. The second kappa shape index (κ2) is 6.89. The Morgan fingerprint density at radius 1 is 1.35 bits per heavy atom. The van der Waals surface area contributed by atoms with Gasteiger partial charge in [0.15, 0.2) is 5.58 Å². The molecule has 1 aromatic carbocycles. The average Bonchev–Trinajstić information content (AvgIpc) is 3.32. The molecule has 26 heavy (non-hydrogen) atoms. The van der Waals surface area contributed by atoms with E-state index in [-0.39, 0.29) is 24.5 Å². The van der Waals surface area contributed by atoms with Gasteiger partial charge in [-0.15, -0.1) is 0 Å². The van der Waals surface area contributed by atoms with Crippen LogP contribution in [0.25, 0.3) is 11.1 Å². The van der Waals surface area contributed by atoms with E-state index in [1.54, 1.807) is 0 Å². The fraction of sp³-hybridized carbons (Fsp3) is 0.389. The van der Waals surface area contributed by atoms with Crippen LogP contribution >= 0.6 is 0 Å². The first-order valence-electron chi connectivity index (χ1n) is 8.73. The number of benzene rings is 1. The van der Waals surface area contributed by atoms with Crippen molar-refractivity contribution in [3.05, 3.63) is 47.6 Å². The Morgan fingerprint density at radius 3 is 2.96 bits per heavy atom. The van der Waals surface area contributed by atoms with E-state index < -0.39 is 0 Å². The highest BCUT2D eigenvalue weighted by Crippen LogP contribution is 2.15. The largest absolute Gasteiger partial charge is 0.439 e. The van der Waals surface area contributed by atoms with Crippen molar-refractivity contribution in [3.8, 4) is 0 Å². The smallest absolute Gasteiger partial charge is 0.238 e. The average molecular weight is 354 g/mol. The summed E-state index contributed by atoms with van der Waals surface area (Å²) in [5.74, 6) is 0.431. The highest BCUT2D eigenvalue weighted by molar-refractivity contribution is 5.82. The summed E-state index contributed by atoms with van der Waals surface area (Å²) in [5, 5.41) is 7.35. The molecule has 2 aromatic heterocycles. The third-order valence-corrected chi connectivity index (χ3v) is 4.55. The summed E-state index contributed by atoms with van der Waals surface area (Å²) in [6.45, 7) is 5.01. The lowest BCUT2D eigenvalue weighted by Gasteiger charge is -2.11. The molecule has 0 aliphatic carbocycles. The molecule has 4 rings (SSSR count). The number of hydrogen-bond acceptors (Lipinski definition) is 6. The predicted octanol–water partition coefficient (Wildman–Crippen LogP) is 1.19. The van der Waals surface area contributed by atoms with Crippen LogP contribution in [0.4, 0.5) is 0 Å². The predicted molar refractivity (Wildman–Crippen MR) is 96.0 cm³/mol. The van der Waals surface area contributed by atoms with Gasteiger partial charge in [0.25, 0.3) is 0 Å². The number of carbonyl (C=O) groups excluding carboxylic acids is 1. The molecule has 2 unspecified atom stereocenters. The van der Waals surface area contributed by atoms with Crippen LogP contribution in [0.5, 0.6) is 0 Å². The van der Waals surface area contributed by atoms with E-state index in [4.69, 9.17) is 4.42 Å². The number of aryl methyl sites for hydroxylation is 2. The molecule has 0 radical (unpaired) electrons. The van der Waals surface area contributed by atoms with Gasteiger partial charge in [-0.1, -0.05) is 12.1 Å². The van der Waals surface area contributed by atoms with Gasteiger partial charge in [-0.2, -0.15) is 5.10 Å². The van der Waals surface area contributed by atoms with Crippen molar-refractivity contribution in [1.82, 2.24) is 30.9 Å². The molecule has 3 N–H and O–H groups in total. The molecule has 8 heteroatoms. The summed E-state index contributed by atoms with van der Waals surface area (Å²) in [7, 11) is 0. The Kier molecular flexibility index (Phi) is 4.44. The number of carbonyl (C=O) groups is 1. The lowest BCUT2D eigenvalue weighted by atomic mass is 10.1. The van der Waals surface area contributed by atoms with Gasteiger partial charge in [-0.25, -0.2) is 10.4 Å². The van der Waals surface area contributed by atoms with Crippen molar-refractivity contribution in [3.63, 3.8) is 0 Å². The van der Waals surface area contributed by atoms with Gasteiger partial charge in [-0.05, 0) is 38.5 Å². The number of aromatic nitrogens is 3. The van der Waals surface area contributed by atoms with Crippen molar-refractivity contribution in [2.45, 2.75) is 45.4 Å². The Balaban J connectivity index is 1.30.